The van der Waals surface area contributed by atoms with Crippen molar-refractivity contribution < 1.29 is 34.2 Å². The summed E-state index contributed by atoms with van der Waals surface area (Å²) in [7, 11) is 0. The van der Waals surface area contributed by atoms with Gasteiger partial charge in [-0.05, 0) is 18.9 Å². The first kappa shape index (κ1) is 38.1. The maximum Gasteiger partial charge on any atom is 0.309 e. The van der Waals surface area contributed by atoms with Crippen LogP contribution in [0.2, 0.25) is 0 Å². The van der Waals surface area contributed by atoms with Crippen LogP contribution in [-0.4, -0.2) is 52.2 Å². The molecule has 234 valence electrons. The monoisotopic (exact) mass is 567 g/mol. The van der Waals surface area contributed by atoms with E-state index in [0.717, 1.165) is 19.3 Å². The molecule has 2 N–H and O–H groups in total. The van der Waals surface area contributed by atoms with Crippen LogP contribution in [-0.2, 0) is 14.4 Å². The molecule has 0 aromatic carbocycles. The minimum Gasteiger partial charge on any atom is -0.550 e. The summed E-state index contributed by atoms with van der Waals surface area (Å²) in [6.45, 7) is 2.76. The van der Waals surface area contributed by atoms with Crippen molar-refractivity contribution >= 4 is 17.9 Å². The summed E-state index contributed by atoms with van der Waals surface area (Å²) in [6.07, 6.45) is 30.9. The number of hydrogen-bond acceptors (Lipinski definition) is 4. The molecule has 0 bridgehead atoms. The van der Waals surface area contributed by atoms with Crippen LogP contribution in [0.25, 0.3) is 0 Å². The zero-order chi connectivity index (χ0) is 29.7. The Morgan fingerprint density at radius 2 is 0.875 bits per heavy atom. The van der Waals surface area contributed by atoms with E-state index >= 15 is 0 Å². The number of allylic oxidation sites excluding steroid dienone is 1. The second kappa shape index (κ2) is 27.3. The van der Waals surface area contributed by atoms with E-state index in [9.17, 15) is 19.5 Å². The van der Waals surface area contributed by atoms with E-state index in [1.54, 1.807) is 0 Å². The van der Waals surface area contributed by atoms with E-state index < -0.39 is 17.9 Å². The van der Waals surface area contributed by atoms with Gasteiger partial charge in [-0.15, -0.1) is 0 Å². The molecular formula is C33H61NO6. The molecule has 0 atom stereocenters. The first-order chi connectivity index (χ1) is 19.3. The highest BCUT2D eigenvalue weighted by atomic mass is 16.4. The molecule has 7 heteroatoms. The summed E-state index contributed by atoms with van der Waals surface area (Å²) in [4.78, 5) is 33.2. The summed E-state index contributed by atoms with van der Waals surface area (Å²) in [5.41, 5.74) is 0. The van der Waals surface area contributed by atoms with Crippen molar-refractivity contribution in [1.82, 2.24) is 0 Å². The van der Waals surface area contributed by atoms with E-state index in [4.69, 9.17) is 10.2 Å². The molecule has 40 heavy (non-hydrogen) atoms. The van der Waals surface area contributed by atoms with Crippen molar-refractivity contribution in [2.45, 2.75) is 161 Å². The van der Waals surface area contributed by atoms with Crippen molar-refractivity contribution in [2.75, 3.05) is 19.6 Å². The fourth-order valence-corrected chi connectivity index (χ4v) is 5.33. The lowest BCUT2D eigenvalue weighted by molar-refractivity contribution is -0.878. The van der Waals surface area contributed by atoms with Crippen LogP contribution < -0.4 is 5.11 Å². The molecule has 0 saturated carbocycles. The smallest absolute Gasteiger partial charge is 0.309 e. The summed E-state index contributed by atoms with van der Waals surface area (Å²) in [6, 6.07) is 0. The Bertz CT molecular complexity index is 618. The predicted octanol–water partition coefficient (Wildman–Crippen LogP) is 7.62. The van der Waals surface area contributed by atoms with Crippen LogP contribution in [0.5, 0.6) is 0 Å². The molecule has 0 fully saturated rings. The lowest BCUT2D eigenvalue weighted by Crippen LogP contribution is -2.48. The van der Waals surface area contributed by atoms with Gasteiger partial charge < -0.3 is 20.1 Å². The highest BCUT2D eigenvalue weighted by molar-refractivity contribution is 5.67. The van der Waals surface area contributed by atoms with Gasteiger partial charge in [0.15, 0.2) is 0 Å². The fraction of sp³-hybridized carbons (Fsp3) is 0.848. The number of carboxylic acids is 3. The quantitative estimate of drug-likeness (QED) is 0.0658. The molecule has 0 amide bonds. The van der Waals surface area contributed by atoms with E-state index in [-0.39, 0.29) is 43.4 Å². The van der Waals surface area contributed by atoms with Crippen LogP contribution in [0.3, 0.4) is 0 Å². The molecule has 0 aliphatic heterocycles. The van der Waals surface area contributed by atoms with Gasteiger partial charge in [0.05, 0.1) is 38.7 Å². The van der Waals surface area contributed by atoms with Crippen LogP contribution >= 0.6 is 0 Å². The molecule has 7 nitrogen and oxygen atoms in total. The van der Waals surface area contributed by atoms with Gasteiger partial charge in [0, 0.05) is 12.4 Å². The van der Waals surface area contributed by atoms with Gasteiger partial charge in [-0.1, -0.05) is 129 Å². The third kappa shape index (κ3) is 26.3. The zero-order valence-electron chi connectivity index (χ0n) is 25.7. The minimum atomic E-state index is -1.21. The van der Waals surface area contributed by atoms with Gasteiger partial charge in [0.25, 0.3) is 0 Å². The Hall–Kier alpha value is -1.89. The van der Waals surface area contributed by atoms with Crippen LogP contribution in [0.1, 0.15) is 161 Å². The predicted molar refractivity (Wildman–Crippen MR) is 161 cm³/mol. The SMILES string of the molecule is CCCCCCCCCCCCCCCCCCCCCC/C=C/[N+](CCC(=O)[O-])(CCC(=O)O)CCC(=O)O. The Balaban J connectivity index is 3.87. The van der Waals surface area contributed by atoms with Gasteiger partial charge in [-0.3, -0.25) is 14.1 Å². The standard InChI is InChI=1S/C33H61NO6/c1-2-3-4-5-6-7-8-9-10-11-12-13-14-15-16-17-18-19-20-21-22-23-27-34(28-24-31(35)36,29-25-32(37)38)30-26-33(39)40/h23,27H,2-22,24-26,28-30H2,1H3,(H2-,35,36,37,38,39,40)/b27-23+. The number of carboxylic acid groups (broad SMARTS) is 3. The van der Waals surface area contributed by atoms with Crippen molar-refractivity contribution in [3.63, 3.8) is 0 Å². The molecule has 0 aliphatic carbocycles. The zero-order valence-corrected chi connectivity index (χ0v) is 25.7. The molecule has 0 radical (unpaired) electrons. The number of nitrogens with zero attached hydrogens (tertiary/aromatic N) is 1. The molecule has 0 saturated heterocycles. The maximum absolute atomic E-state index is 11.1. The number of carbonyl (C=O) groups is 3. The molecule has 0 rings (SSSR count). The number of carbonyl (C=O) groups excluding carboxylic acids is 1. The third-order valence-corrected chi connectivity index (χ3v) is 7.95. The topological polar surface area (TPSA) is 115 Å². The maximum atomic E-state index is 11.1. The molecule has 0 heterocycles. The van der Waals surface area contributed by atoms with Crippen LogP contribution in [0.15, 0.2) is 12.3 Å². The Morgan fingerprint density at radius 3 is 1.20 bits per heavy atom. The van der Waals surface area contributed by atoms with Crippen LogP contribution in [0, 0.1) is 0 Å². The van der Waals surface area contributed by atoms with Gasteiger partial charge in [0.1, 0.15) is 0 Å². The molecule has 0 spiro atoms. The van der Waals surface area contributed by atoms with Gasteiger partial charge >= 0.3 is 11.9 Å². The Kier molecular flexibility index (Phi) is 26.0. The minimum absolute atomic E-state index is 0.0474. The first-order valence-electron chi connectivity index (χ1n) is 16.5. The van der Waals surface area contributed by atoms with E-state index in [0.29, 0.717) is 0 Å². The van der Waals surface area contributed by atoms with Crippen molar-refractivity contribution in [3.8, 4) is 0 Å². The number of quaternary nitrogens is 1. The average Bonchev–Trinajstić information content (AvgIpc) is 2.92. The van der Waals surface area contributed by atoms with Gasteiger partial charge in [-0.2, -0.15) is 0 Å². The molecule has 0 aromatic heterocycles. The van der Waals surface area contributed by atoms with E-state index in [2.05, 4.69) is 6.92 Å². The second-order valence-corrected chi connectivity index (χ2v) is 11.7. The molecular weight excluding hydrogens is 506 g/mol. The summed E-state index contributed by atoms with van der Waals surface area (Å²) in [5, 5.41) is 29.2. The summed E-state index contributed by atoms with van der Waals surface area (Å²) >= 11 is 0. The molecule has 0 unspecified atom stereocenters. The van der Waals surface area contributed by atoms with Crippen LogP contribution in [0.4, 0.5) is 0 Å². The lowest BCUT2D eigenvalue weighted by atomic mass is 10.0. The van der Waals surface area contributed by atoms with Crippen molar-refractivity contribution in [2.24, 2.45) is 0 Å². The third-order valence-electron chi connectivity index (χ3n) is 7.95. The van der Waals surface area contributed by atoms with Gasteiger partial charge in [0.2, 0.25) is 0 Å². The largest absolute Gasteiger partial charge is 0.550 e. The first-order valence-corrected chi connectivity index (χ1v) is 16.5. The fourth-order valence-electron chi connectivity index (χ4n) is 5.33. The number of rotatable bonds is 31. The second-order valence-electron chi connectivity index (χ2n) is 11.7. The highest BCUT2D eigenvalue weighted by Crippen LogP contribution is 2.17. The average molecular weight is 568 g/mol. The Morgan fingerprint density at radius 1 is 0.550 bits per heavy atom. The van der Waals surface area contributed by atoms with E-state index in [1.165, 1.54) is 116 Å². The van der Waals surface area contributed by atoms with Crippen molar-refractivity contribution in [1.29, 1.82) is 0 Å². The van der Waals surface area contributed by atoms with E-state index in [1.807, 2.05) is 12.3 Å². The normalized spacial score (nSPS) is 11.8. The number of aliphatic carboxylic acids is 3. The summed E-state index contributed by atoms with van der Waals surface area (Å²) < 4.78 is 0.0474. The Labute approximate surface area is 245 Å². The van der Waals surface area contributed by atoms with Gasteiger partial charge in [-0.25, -0.2) is 0 Å². The number of hydrogen-bond donors (Lipinski definition) is 2. The highest BCUT2D eigenvalue weighted by Gasteiger charge is 2.26. The number of unbranched alkanes of at least 4 members (excludes halogenated alkanes) is 20. The summed E-state index contributed by atoms with van der Waals surface area (Å²) in [5.74, 6) is -3.17. The lowest BCUT2D eigenvalue weighted by Gasteiger charge is -2.34. The molecule has 0 aliphatic rings. The van der Waals surface area contributed by atoms with Crippen molar-refractivity contribution in [3.05, 3.63) is 12.3 Å². The molecule has 0 aromatic rings.